The number of nitrogens with one attached hydrogen (secondary N) is 2. The number of hydrogen-bond acceptors (Lipinski definition) is 4. The number of rotatable bonds is 8. The predicted octanol–water partition coefficient (Wildman–Crippen LogP) is 6.22. The van der Waals surface area contributed by atoms with E-state index in [0.29, 0.717) is 29.7 Å². The van der Waals surface area contributed by atoms with Crippen LogP contribution in [0.4, 0.5) is 8.78 Å². The molecule has 0 aliphatic heterocycles. The first kappa shape index (κ1) is 24.0. The van der Waals surface area contributed by atoms with Crippen molar-refractivity contribution in [3.8, 4) is 0 Å². The Hall–Kier alpha value is -2.70. The fraction of sp³-hybridized carbons (Fsp3) is 0.385. The van der Waals surface area contributed by atoms with Crippen LogP contribution in [0.25, 0.3) is 21.9 Å². The van der Waals surface area contributed by atoms with E-state index >= 15 is 0 Å². The number of fused-ring (bicyclic) bond motifs is 2. The Bertz CT molecular complexity index is 1130. The van der Waals surface area contributed by atoms with Crippen LogP contribution in [0.1, 0.15) is 37.8 Å². The third kappa shape index (κ3) is 5.75. The molecule has 4 aromatic rings. The molecule has 0 spiro atoms. The fourth-order valence-electron chi connectivity index (χ4n) is 3.85. The van der Waals surface area contributed by atoms with E-state index in [4.69, 9.17) is 8.83 Å². The highest BCUT2D eigenvalue weighted by Gasteiger charge is 2.12. The van der Waals surface area contributed by atoms with Gasteiger partial charge in [0, 0.05) is 28.9 Å². The first-order valence-electron chi connectivity index (χ1n) is 11.1. The molecule has 6 heteroatoms. The molecule has 0 aliphatic rings. The molecule has 2 unspecified atom stereocenters. The first-order valence-corrected chi connectivity index (χ1v) is 11.1. The van der Waals surface area contributed by atoms with E-state index in [2.05, 4.69) is 24.5 Å². The molecule has 2 heterocycles. The quantitative estimate of drug-likeness (QED) is 0.340. The van der Waals surface area contributed by atoms with Crippen LogP contribution in [0, 0.1) is 11.6 Å². The molecule has 32 heavy (non-hydrogen) atoms. The van der Waals surface area contributed by atoms with Crippen molar-refractivity contribution in [1.29, 1.82) is 0 Å². The predicted molar refractivity (Wildman–Crippen MR) is 126 cm³/mol. The van der Waals surface area contributed by atoms with Crippen molar-refractivity contribution in [1.82, 2.24) is 10.6 Å². The standard InChI is InChI=1S/2C13H16FNO/c1-3-11(15-2)7-9-6-10-4-5-16-13(10)12(14)8-9;1-3-11(15-2)7-10-6-9-4-5-16-13(9)8-12(10)14/h2*4-6,8,11,15H,3,7H2,1-2H3. The van der Waals surface area contributed by atoms with Crippen LogP contribution in [-0.2, 0) is 12.8 Å². The third-order valence-corrected chi connectivity index (χ3v) is 5.94. The van der Waals surface area contributed by atoms with Crippen molar-refractivity contribution in [2.75, 3.05) is 14.1 Å². The summed E-state index contributed by atoms with van der Waals surface area (Å²) in [5, 5.41) is 8.19. The number of hydrogen-bond donors (Lipinski definition) is 2. The summed E-state index contributed by atoms with van der Waals surface area (Å²) < 4.78 is 37.6. The second-order valence-corrected chi connectivity index (χ2v) is 8.01. The lowest BCUT2D eigenvalue weighted by Crippen LogP contribution is -2.26. The SMILES string of the molecule is CCC(Cc1cc(F)c2occc2c1)NC.CCC(Cc1cc2ccoc2cc1F)NC. The molecular formula is C26H32F2N2O2. The second kappa shape index (κ2) is 11.2. The van der Waals surface area contributed by atoms with Crippen LogP contribution < -0.4 is 10.6 Å². The van der Waals surface area contributed by atoms with Gasteiger partial charge in [-0.25, -0.2) is 8.78 Å². The third-order valence-electron chi connectivity index (χ3n) is 5.94. The Labute approximate surface area is 188 Å². The largest absolute Gasteiger partial charge is 0.464 e. The van der Waals surface area contributed by atoms with Gasteiger partial charge in [-0.15, -0.1) is 0 Å². The Morgan fingerprint density at radius 1 is 0.781 bits per heavy atom. The minimum Gasteiger partial charge on any atom is -0.464 e. The highest BCUT2D eigenvalue weighted by Crippen LogP contribution is 2.23. The number of benzene rings is 2. The number of likely N-dealkylation sites (N-methyl/N-ethyl adjacent to an activating group) is 2. The van der Waals surface area contributed by atoms with Crippen molar-refractivity contribution >= 4 is 21.9 Å². The zero-order chi connectivity index (χ0) is 23.1. The Balaban J connectivity index is 0.000000181. The van der Waals surface area contributed by atoms with Gasteiger partial charge in [0.15, 0.2) is 11.4 Å². The maximum absolute atomic E-state index is 13.7. The molecule has 0 radical (unpaired) electrons. The summed E-state index contributed by atoms with van der Waals surface area (Å²) in [6.45, 7) is 4.21. The molecule has 0 aliphatic carbocycles. The lowest BCUT2D eigenvalue weighted by Gasteiger charge is -2.14. The molecule has 0 saturated heterocycles. The first-order chi connectivity index (χ1) is 15.5. The number of halogens is 2. The summed E-state index contributed by atoms with van der Waals surface area (Å²) in [5.41, 5.74) is 2.71. The maximum Gasteiger partial charge on any atom is 0.169 e. The lowest BCUT2D eigenvalue weighted by atomic mass is 10.0. The van der Waals surface area contributed by atoms with Crippen molar-refractivity contribution in [2.24, 2.45) is 0 Å². The van der Waals surface area contributed by atoms with Crippen LogP contribution in [0.15, 0.2) is 57.8 Å². The molecule has 2 aromatic heterocycles. The van der Waals surface area contributed by atoms with Gasteiger partial charge in [-0.1, -0.05) is 13.8 Å². The zero-order valence-corrected chi connectivity index (χ0v) is 19.2. The summed E-state index contributed by atoms with van der Waals surface area (Å²) in [5.74, 6) is -0.459. The van der Waals surface area contributed by atoms with Crippen molar-refractivity contribution in [3.63, 3.8) is 0 Å². The van der Waals surface area contributed by atoms with E-state index in [9.17, 15) is 8.78 Å². The van der Waals surface area contributed by atoms with Gasteiger partial charge in [0.1, 0.15) is 11.4 Å². The summed E-state index contributed by atoms with van der Waals surface area (Å²) in [4.78, 5) is 0. The Kier molecular flexibility index (Phi) is 8.42. The van der Waals surface area contributed by atoms with E-state index < -0.39 is 0 Å². The van der Waals surface area contributed by atoms with Crippen LogP contribution in [0.2, 0.25) is 0 Å². The minimum atomic E-state index is -0.275. The van der Waals surface area contributed by atoms with Crippen LogP contribution in [-0.4, -0.2) is 26.2 Å². The van der Waals surface area contributed by atoms with E-state index in [1.807, 2.05) is 32.3 Å². The van der Waals surface area contributed by atoms with Crippen LogP contribution >= 0.6 is 0 Å². The fourth-order valence-corrected chi connectivity index (χ4v) is 3.85. The molecule has 0 fully saturated rings. The Morgan fingerprint density at radius 3 is 2.12 bits per heavy atom. The molecular weight excluding hydrogens is 410 g/mol. The zero-order valence-electron chi connectivity index (χ0n) is 19.2. The van der Waals surface area contributed by atoms with E-state index in [0.717, 1.165) is 41.2 Å². The molecule has 4 rings (SSSR count). The highest BCUT2D eigenvalue weighted by molar-refractivity contribution is 5.78. The molecule has 172 valence electrons. The lowest BCUT2D eigenvalue weighted by molar-refractivity contribution is 0.522. The monoisotopic (exact) mass is 442 g/mol. The van der Waals surface area contributed by atoms with Gasteiger partial charge >= 0.3 is 0 Å². The van der Waals surface area contributed by atoms with Gasteiger partial charge < -0.3 is 19.5 Å². The van der Waals surface area contributed by atoms with E-state index in [1.165, 1.54) is 12.3 Å². The normalized spacial score (nSPS) is 13.2. The highest BCUT2D eigenvalue weighted by atomic mass is 19.1. The van der Waals surface area contributed by atoms with E-state index in [-0.39, 0.29) is 11.6 Å². The summed E-state index contributed by atoms with van der Waals surface area (Å²) >= 11 is 0. The van der Waals surface area contributed by atoms with Crippen LogP contribution in [0.5, 0.6) is 0 Å². The smallest absolute Gasteiger partial charge is 0.169 e. The van der Waals surface area contributed by atoms with Crippen molar-refractivity contribution < 1.29 is 17.6 Å². The molecule has 0 amide bonds. The summed E-state index contributed by atoms with van der Waals surface area (Å²) in [6, 6.07) is 11.2. The van der Waals surface area contributed by atoms with Crippen LogP contribution in [0.3, 0.4) is 0 Å². The van der Waals surface area contributed by atoms with Crippen molar-refractivity contribution in [2.45, 2.75) is 51.6 Å². The molecule has 2 aromatic carbocycles. The van der Waals surface area contributed by atoms with E-state index in [1.54, 1.807) is 18.4 Å². The van der Waals surface area contributed by atoms with Gasteiger partial charge in [-0.3, -0.25) is 0 Å². The molecule has 0 saturated carbocycles. The maximum atomic E-state index is 13.7. The van der Waals surface area contributed by atoms with Gasteiger partial charge in [-0.05, 0) is 81.2 Å². The molecule has 0 bridgehead atoms. The average molecular weight is 443 g/mol. The second-order valence-electron chi connectivity index (χ2n) is 8.01. The molecule has 2 N–H and O–H groups in total. The van der Waals surface area contributed by atoms with Gasteiger partial charge in [0.25, 0.3) is 0 Å². The van der Waals surface area contributed by atoms with Gasteiger partial charge in [0.2, 0.25) is 0 Å². The number of furan rings is 2. The minimum absolute atomic E-state index is 0.184. The molecule has 4 nitrogen and oxygen atoms in total. The summed E-state index contributed by atoms with van der Waals surface area (Å²) in [7, 11) is 3.84. The van der Waals surface area contributed by atoms with Gasteiger partial charge in [0.05, 0.1) is 12.5 Å². The van der Waals surface area contributed by atoms with Crippen molar-refractivity contribution in [3.05, 3.63) is 71.7 Å². The molecule has 2 atom stereocenters. The topological polar surface area (TPSA) is 50.3 Å². The average Bonchev–Trinajstić information content (AvgIpc) is 3.45. The van der Waals surface area contributed by atoms with Gasteiger partial charge in [-0.2, -0.15) is 0 Å². The summed E-state index contributed by atoms with van der Waals surface area (Å²) in [6.07, 6.45) is 6.67. The Morgan fingerprint density at radius 2 is 1.44 bits per heavy atom.